The van der Waals surface area contributed by atoms with Gasteiger partial charge >= 0.3 is 6.03 Å². The van der Waals surface area contributed by atoms with Crippen molar-refractivity contribution >= 4 is 17.6 Å². The third kappa shape index (κ3) is 6.33. The Bertz CT molecular complexity index is 1040. The van der Waals surface area contributed by atoms with E-state index >= 15 is 0 Å². The van der Waals surface area contributed by atoms with Crippen molar-refractivity contribution in [3.63, 3.8) is 0 Å². The minimum absolute atomic E-state index is 0.0597. The van der Waals surface area contributed by atoms with Gasteiger partial charge in [0.1, 0.15) is 0 Å². The average Bonchev–Trinajstić information content (AvgIpc) is 3.36. The molecule has 0 aliphatic heterocycles. The molecule has 2 amide bonds. The van der Waals surface area contributed by atoms with Gasteiger partial charge in [-0.05, 0) is 48.6 Å². The van der Waals surface area contributed by atoms with Crippen LogP contribution in [-0.4, -0.2) is 42.7 Å². The van der Waals surface area contributed by atoms with Crippen LogP contribution in [0.4, 0.5) is 4.79 Å². The molecule has 1 aliphatic rings. The van der Waals surface area contributed by atoms with E-state index in [0.717, 1.165) is 42.4 Å². The summed E-state index contributed by atoms with van der Waals surface area (Å²) in [6, 6.07) is 15.3. The van der Waals surface area contributed by atoms with E-state index in [2.05, 4.69) is 25.9 Å². The fourth-order valence-electron chi connectivity index (χ4n) is 4.46. The smallest absolute Gasteiger partial charge is 0.318 e. The highest BCUT2D eigenvalue weighted by molar-refractivity contribution is 6.30. The van der Waals surface area contributed by atoms with Crippen molar-refractivity contribution in [2.45, 2.75) is 70.2 Å². The number of carbonyl (C=O) groups excluding carboxylic acids is 1. The molecule has 3 aromatic rings. The molecule has 180 valence electrons. The average molecular weight is 483 g/mol. The van der Waals surface area contributed by atoms with Crippen LogP contribution >= 0.6 is 11.6 Å². The molecule has 9 heteroatoms. The number of hydrogen-bond acceptors (Lipinski definition) is 5. The van der Waals surface area contributed by atoms with Crippen molar-refractivity contribution in [3.8, 4) is 0 Å². The van der Waals surface area contributed by atoms with Gasteiger partial charge in [-0.15, -0.1) is 10.2 Å². The summed E-state index contributed by atoms with van der Waals surface area (Å²) in [6.45, 7) is 2.51. The number of aliphatic hydroxyl groups is 1. The fraction of sp³-hybridized carbons (Fsp3) is 0.440. The van der Waals surface area contributed by atoms with Gasteiger partial charge in [-0.3, -0.25) is 0 Å². The number of nitrogens with one attached hydrogen (secondary N) is 2. The number of hydrogen-bond donors (Lipinski definition) is 3. The second-order valence-electron chi connectivity index (χ2n) is 8.93. The lowest BCUT2D eigenvalue weighted by atomic mass is 9.94. The minimum atomic E-state index is -0.718. The van der Waals surface area contributed by atoms with E-state index in [1.165, 1.54) is 6.42 Å². The molecule has 2 aromatic carbocycles. The molecule has 1 heterocycles. The normalized spacial score (nSPS) is 16.1. The first kappa shape index (κ1) is 24.2. The highest BCUT2D eigenvalue weighted by atomic mass is 35.5. The Morgan fingerprint density at radius 2 is 1.79 bits per heavy atom. The van der Waals surface area contributed by atoms with Gasteiger partial charge in [-0.2, -0.15) is 5.21 Å². The number of amides is 2. The zero-order valence-electron chi connectivity index (χ0n) is 19.3. The Hall–Kier alpha value is -2.97. The third-order valence-corrected chi connectivity index (χ3v) is 6.72. The van der Waals surface area contributed by atoms with E-state index in [9.17, 15) is 9.90 Å². The number of urea groups is 1. The van der Waals surface area contributed by atoms with Crippen LogP contribution in [-0.2, 0) is 13.0 Å². The molecule has 1 aromatic heterocycles. The number of nitrogens with zero attached hydrogens (tertiary/aromatic N) is 4. The zero-order chi connectivity index (χ0) is 23.9. The SMILES string of the molecule is C[C@H](NC(=O)N(Cc1ccc([C@H](O)Cc2nn[nH]n2)cc1)C1CCCCC1)c1ccc(Cl)cc1. The van der Waals surface area contributed by atoms with Crippen molar-refractivity contribution in [3.05, 3.63) is 76.1 Å². The first-order chi connectivity index (χ1) is 16.5. The standard InChI is InChI=1S/C25H31ClN6O2/c1-17(19-11-13-21(26)14-12-19)27-25(34)32(22-5-3-2-4-6-22)16-18-7-9-20(10-8-18)23(33)15-24-28-30-31-29-24/h7-14,17,22-23,33H,2-6,15-16H2,1H3,(H,27,34)(H,28,29,30,31)/t17-,23+/m0/s1. The first-order valence-corrected chi connectivity index (χ1v) is 12.2. The summed E-state index contributed by atoms with van der Waals surface area (Å²) in [5, 5.41) is 28.0. The van der Waals surface area contributed by atoms with Crippen LogP contribution in [0.5, 0.6) is 0 Å². The summed E-state index contributed by atoms with van der Waals surface area (Å²) in [5.41, 5.74) is 2.82. The molecule has 2 atom stereocenters. The fourth-order valence-corrected chi connectivity index (χ4v) is 4.59. The summed E-state index contributed by atoms with van der Waals surface area (Å²) in [5.74, 6) is 0.464. The number of carbonyl (C=O) groups is 1. The lowest BCUT2D eigenvalue weighted by Crippen LogP contribution is -2.47. The molecule has 0 radical (unpaired) electrons. The van der Waals surface area contributed by atoms with E-state index in [1.807, 2.05) is 60.4 Å². The second-order valence-corrected chi connectivity index (χ2v) is 9.37. The molecule has 8 nitrogen and oxygen atoms in total. The van der Waals surface area contributed by atoms with E-state index in [4.69, 9.17) is 11.6 Å². The number of aromatic amines is 1. The molecular formula is C25H31ClN6O2. The maximum Gasteiger partial charge on any atom is 0.318 e. The van der Waals surface area contributed by atoms with Crippen molar-refractivity contribution in [1.29, 1.82) is 0 Å². The van der Waals surface area contributed by atoms with Crippen molar-refractivity contribution in [1.82, 2.24) is 30.8 Å². The molecular weight excluding hydrogens is 452 g/mol. The molecule has 34 heavy (non-hydrogen) atoms. The molecule has 0 unspecified atom stereocenters. The zero-order valence-corrected chi connectivity index (χ0v) is 20.1. The number of benzene rings is 2. The number of aliphatic hydroxyl groups excluding tert-OH is 1. The van der Waals surface area contributed by atoms with E-state index in [1.54, 1.807) is 0 Å². The predicted octanol–water partition coefficient (Wildman–Crippen LogP) is 4.73. The molecule has 1 fully saturated rings. The number of tetrazole rings is 1. The van der Waals surface area contributed by atoms with Crippen LogP contribution in [0.25, 0.3) is 0 Å². The van der Waals surface area contributed by atoms with E-state index < -0.39 is 6.10 Å². The van der Waals surface area contributed by atoms with Crippen LogP contribution in [0.3, 0.4) is 0 Å². The molecule has 0 spiro atoms. The quantitative estimate of drug-likeness (QED) is 0.430. The van der Waals surface area contributed by atoms with Gasteiger partial charge in [0.05, 0.1) is 12.1 Å². The molecule has 1 saturated carbocycles. The summed E-state index contributed by atoms with van der Waals surface area (Å²) in [6.07, 6.45) is 5.11. The predicted molar refractivity (Wildman–Crippen MR) is 130 cm³/mol. The second kappa shape index (κ2) is 11.4. The number of aromatic nitrogens is 4. The van der Waals surface area contributed by atoms with Gasteiger partial charge < -0.3 is 15.3 Å². The topological polar surface area (TPSA) is 107 Å². The van der Waals surface area contributed by atoms with Crippen LogP contribution in [0, 0.1) is 0 Å². The van der Waals surface area contributed by atoms with Gasteiger partial charge in [0.25, 0.3) is 0 Å². The highest BCUT2D eigenvalue weighted by Crippen LogP contribution is 2.26. The highest BCUT2D eigenvalue weighted by Gasteiger charge is 2.27. The Morgan fingerprint density at radius 1 is 1.12 bits per heavy atom. The number of halogens is 1. The van der Waals surface area contributed by atoms with Gasteiger partial charge in [0.2, 0.25) is 0 Å². The molecule has 0 saturated heterocycles. The largest absolute Gasteiger partial charge is 0.388 e. The van der Waals surface area contributed by atoms with Crippen LogP contribution in [0.15, 0.2) is 48.5 Å². The summed E-state index contributed by atoms with van der Waals surface area (Å²) in [7, 11) is 0. The van der Waals surface area contributed by atoms with Crippen LogP contribution in [0.1, 0.15) is 73.7 Å². The van der Waals surface area contributed by atoms with Crippen LogP contribution < -0.4 is 5.32 Å². The summed E-state index contributed by atoms with van der Waals surface area (Å²) >= 11 is 6.01. The van der Waals surface area contributed by atoms with E-state index in [0.29, 0.717) is 17.4 Å². The summed E-state index contributed by atoms with van der Waals surface area (Å²) < 4.78 is 0. The molecule has 3 N–H and O–H groups in total. The van der Waals surface area contributed by atoms with Gasteiger partial charge in [0.15, 0.2) is 5.82 Å². The van der Waals surface area contributed by atoms with Gasteiger partial charge in [-0.25, -0.2) is 4.79 Å². The van der Waals surface area contributed by atoms with Crippen molar-refractivity contribution in [2.24, 2.45) is 0 Å². The molecule has 0 bridgehead atoms. The van der Waals surface area contributed by atoms with Crippen LogP contribution in [0.2, 0.25) is 5.02 Å². The Labute approximate surface area is 204 Å². The lowest BCUT2D eigenvalue weighted by Gasteiger charge is -2.35. The van der Waals surface area contributed by atoms with Gasteiger partial charge in [-0.1, -0.05) is 72.5 Å². The van der Waals surface area contributed by atoms with E-state index in [-0.39, 0.29) is 24.5 Å². The lowest BCUT2D eigenvalue weighted by molar-refractivity contribution is 0.148. The maximum absolute atomic E-state index is 13.4. The Balaban J connectivity index is 1.44. The molecule has 4 rings (SSSR count). The molecule has 1 aliphatic carbocycles. The van der Waals surface area contributed by atoms with Gasteiger partial charge in [0, 0.05) is 24.0 Å². The minimum Gasteiger partial charge on any atom is -0.388 e. The maximum atomic E-state index is 13.4. The monoisotopic (exact) mass is 482 g/mol. The Kier molecular flexibility index (Phi) is 8.13. The number of H-pyrrole nitrogens is 1. The van der Waals surface area contributed by atoms with Crippen molar-refractivity contribution < 1.29 is 9.90 Å². The first-order valence-electron chi connectivity index (χ1n) is 11.8. The third-order valence-electron chi connectivity index (χ3n) is 6.47. The Morgan fingerprint density at radius 3 is 2.44 bits per heavy atom. The summed E-state index contributed by atoms with van der Waals surface area (Å²) in [4.78, 5) is 15.3. The van der Waals surface area contributed by atoms with Crippen molar-refractivity contribution in [2.75, 3.05) is 0 Å². The number of rotatable bonds is 8.